The molecule has 90 valence electrons. The summed E-state index contributed by atoms with van der Waals surface area (Å²) in [6, 6.07) is 4.95. The number of halogens is 3. The van der Waals surface area contributed by atoms with E-state index >= 15 is 0 Å². The maximum atomic E-state index is 13.7. The van der Waals surface area contributed by atoms with Crippen molar-refractivity contribution in [1.82, 2.24) is 5.32 Å². The van der Waals surface area contributed by atoms with Gasteiger partial charge >= 0.3 is 0 Å². The van der Waals surface area contributed by atoms with E-state index in [-0.39, 0.29) is 6.04 Å². The van der Waals surface area contributed by atoms with Gasteiger partial charge in [-0.25, -0.2) is 8.78 Å². The summed E-state index contributed by atoms with van der Waals surface area (Å²) in [6.45, 7) is 0. The minimum Gasteiger partial charge on any atom is -0.309 e. The highest BCUT2D eigenvalue weighted by molar-refractivity contribution is 7.10. The Labute approximate surface area is 107 Å². The monoisotopic (exact) mass is 273 g/mol. The molecule has 0 fully saturated rings. The van der Waals surface area contributed by atoms with Crippen molar-refractivity contribution < 1.29 is 8.78 Å². The molecule has 0 aliphatic heterocycles. The number of nitrogens with one attached hydrogen (secondary N) is 1. The quantitative estimate of drug-likeness (QED) is 0.892. The molecular weight excluding hydrogens is 264 g/mol. The molecule has 1 unspecified atom stereocenters. The Hall–Kier alpha value is -0.970. The third-order valence-electron chi connectivity index (χ3n) is 2.47. The molecular formula is C12H10ClF2NS. The Morgan fingerprint density at radius 3 is 2.59 bits per heavy atom. The minimum absolute atomic E-state index is 0.358. The van der Waals surface area contributed by atoms with Crippen molar-refractivity contribution in [1.29, 1.82) is 0 Å². The smallest absolute Gasteiger partial charge is 0.131 e. The standard InChI is InChI=1S/C12H10ClF2NS/c1-16-11(12-9(13)4-5-17-12)8-3-2-7(14)6-10(8)15/h2-6,11,16H,1H3. The van der Waals surface area contributed by atoms with Crippen molar-refractivity contribution in [3.05, 3.63) is 56.7 Å². The number of benzene rings is 1. The zero-order chi connectivity index (χ0) is 12.4. The van der Waals surface area contributed by atoms with Gasteiger partial charge in [0.05, 0.1) is 11.1 Å². The van der Waals surface area contributed by atoms with Crippen molar-refractivity contribution in [3.63, 3.8) is 0 Å². The van der Waals surface area contributed by atoms with E-state index < -0.39 is 11.6 Å². The zero-order valence-corrected chi connectivity index (χ0v) is 10.6. The summed E-state index contributed by atoms with van der Waals surface area (Å²) in [4.78, 5) is 0.819. The summed E-state index contributed by atoms with van der Waals surface area (Å²) < 4.78 is 26.5. The first-order valence-electron chi connectivity index (χ1n) is 4.98. The lowest BCUT2D eigenvalue weighted by atomic mass is 10.0. The maximum absolute atomic E-state index is 13.7. The second kappa shape index (κ2) is 5.12. The third kappa shape index (κ3) is 2.49. The fraction of sp³-hybridized carbons (Fsp3) is 0.167. The van der Waals surface area contributed by atoms with Crippen LogP contribution in [0.5, 0.6) is 0 Å². The molecule has 0 aliphatic carbocycles. The molecule has 0 radical (unpaired) electrons. The van der Waals surface area contributed by atoms with Crippen LogP contribution in [0.25, 0.3) is 0 Å². The molecule has 0 saturated heterocycles. The van der Waals surface area contributed by atoms with E-state index in [1.165, 1.54) is 23.5 Å². The SMILES string of the molecule is CNC(c1ccc(F)cc1F)c1sccc1Cl. The predicted molar refractivity (Wildman–Crippen MR) is 66.6 cm³/mol. The van der Waals surface area contributed by atoms with Gasteiger partial charge in [-0.2, -0.15) is 0 Å². The number of hydrogen-bond acceptors (Lipinski definition) is 2. The summed E-state index contributed by atoms with van der Waals surface area (Å²) >= 11 is 7.46. The van der Waals surface area contributed by atoms with Crippen LogP contribution in [-0.4, -0.2) is 7.05 Å². The van der Waals surface area contributed by atoms with Crippen molar-refractivity contribution in [2.24, 2.45) is 0 Å². The second-order valence-electron chi connectivity index (χ2n) is 3.52. The maximum Gasteiger partial charge on any atom is 0.131 e. The number of thiophene rings is 1. The van der Waals surface area contributed by atoms with Crippen molar-refractivity contribution in [2.45, 2.75) is 6.04 Å². The van der Waals surface area contributed by atoms with Crippen LogP contribution in [0.2, 0.25) is 5.02 Å². The Morgan fingerprint density at radius 2 is 2.06 bits per heavy atom. The van der Waals surface area contributed by atoms with Crippen LogP contribution in [0.3, 0.4) is 0 Å². The van der Waals surface area contributed by atoms with Gasteiger partial charge in [0.25, 0.3) is 0 Å². The molecule has 1 atom stereocenters. The average Bonchev–Trinajstić information content (AvgIpc) is 2.69. The Balaban J connectivity index is 2.46. The van der Waals surface area contributed by atoms with Gasteiger partial charge < -0.3 is 5.32 Å². The van der Waals surface area contributed by atoms with E-state index in [2.05, 4.69) is 5.32 Å². The summed E-state index contributed by atoms with van der Waals surface area (Å²) in [5, 5.41) is 5.40. The van der Waals surface area contributed by atoms with Gasteiger partial charge in [0.1, 0.15) is 11.6 Å². The first kappa shape index (κ1) is 12.5. The van der Waals surface area contributed by atoms with Gasteiger partial charge in [0, 0.05) is 16.5 Å². The van der Waals surface area contributed by atoms with Crippen molar-refractivity contribution in [2.75, 3.05) is 7.05 Å². The molecule has 0 spiro atoms. The largest absolute Gasteiger partial charge is 0.309 e. The van der Waals surface area contributed by atoms with Gasteiger partial charge in [-0.3, -0.25) is 0 Å². The van der Waals surface area contributed by atoms with E-state index in [9.17, 15) is 8.78 Å². The second-order valence-corrected chi connectivity index (χ2v) is 4.88. The van der Waals surface area contributed by atoms with E-state index in [1.54, 1.807) is 13.1 Å². The summed E-state index contributed by atoms with van der Waals surface area (Å²) in [5.74, 6) is -1.16. The minimum atomic E-state index is -0.585. The van der Waals surface area contributed by atoms with Gasteiger partial charge in [-0.05, 0) is 24.6 Å². The van der Waals surface area contributed by atoms with Crippen LogP contribution in [0.4, 0.5) is 8.78 Å². The Kier molecular flexibility index (Phi) is 3.76. The lowest BCUT2D eigenvalue weighted by molar-refractivity contribution is 0.554. The molecule has 1 nitrogen and oxygen atoms in total. The molecule has 2 aromatic rings. The molecule has 17 heavy (non-hydrogen) atoms. The van der Waals surface area contributed by atoms with E-state index in [0.29, 0.717) is 10.6 Å². The third-order valence-corrected chi connectivity index (χ3v) is 3.89. The number of rotatable bonds is 3. The number of hydrogen-bond donors (Lipinski definition) is 1. The molecule has 0 saturated carbocycles. The molecule has 2 rings (SSSR count). The first-order valence-corrected chi connectivity index (χ1v) is 6.24. The predicted octanol–water partition coefficient (Wildman–Crippen LogP) is 3.99. The van der Waals surface area contributed by atoms with Crippen LogP contribution in [0.15, 0.2) is 29.6 Å². The van der Waals surface area contributed by atoms with E-state index in [0.717, 1.165) is 10.9 Å². The molecule has 1 aromatic carbocycles. The van der Waals surface area contributed by atoms with Gasteiger partial charge in [-0.1, -0.05) is 17.7 Å². The Morgan fingerprint density at radius 1 is 1.29 bits per heavy atom. The first-order chi connectivity index (χ1) is 8.13. The molecule has 1 aromatic heterocycles. The van der Waals surface area contributed by atoms with E-state index in [1.807, 2.05) is 5.38 Å². The van der Waals surface area contributed by atoms with Gasteiger partial charge in [0.2, 0.25) is 0 Å². The fourth-order valence-electron chi connectivity index (χ4n) is 1.67. The van der Waals surface area contributed by atoms with Crippen LogP contribution in [0.1, 0.15) is 16.5 Å². The normalized spacial score (nSPS) is 12.7. The molecule has 1 N–H and O–H groups in total. The van der Waals surface area contributed by atoms with Gasteiger partial charge in [0.15, 0.2) is 0 Å². The highest BCUT2D eigenvalue weighted by atomic mass is 35.5. The van der Waals surface area contributed by atoms with Crippen molar-refractivity contribution in [3.8, 4) is 0 Å². The molecule has 0 amide bonds. The highest BCUT2D eigenvalue weighted by Gasteiger charge is 2.20. The van der Waals surface area contributed by atoms with Gasteiger partial charge in [-0.15, -0.1) is 11.3 Å². The summed E-state index contributed by atoms with van der Waals surface area (Å²) in [5.41, 5.74) is 0.387. The van der Waals surface area contributed by atoms with Crippen molar-refractivity contribution >= 4 is 22.9 Å². The molecule has 1 heterocycles. The lowest BCUT2D eigenvalue weighted by Crippen LogP contribution is -2.18. The van der Waals surface area contributed by atoms with Crippen LogP contribution >= 0.6 is 22.9 Å². The summed E-state index contributed by atoms with van der Waals surface area (Å²) in [7, 11) is 1.71. The van der Waals surface area contributed by atoms with E-state index in [4.69, 9.17) is 11.6 Å². The highest BCUT2D eigenvalue weighted by Crippen LogP contribution is 2.33. The Bertz CT molecular complexity index is 527. The van der Waals surface area contributed by atoms with Crippen LogP contribution < -0.4 is 5.32 Å². The topological polar surface area (TPSA) is 12.0 Å². The fourth-order valence-corrected chi connectivity index (χ4v) is 2.97. The summed E-state index contributed by atoms with van der Waals surface area (Å²) in [6.07, 6.45) is 0. The zero-order valence-electron chi connectivity index (χ0n) is 9.01. The van der Waals surface area contributed by atoms with Crippen LogP contribution in [-0.2, 0) is 0 Å². The molecule has 5 heteroatoms. The lowest BCUT2D eigenvalue weighted by Gasteiger charge is -2.16. The van der Waals surface area contributed by atoms with Crippen LogP contribution in [0, 0.1) is 11.6 Å². The average molecular weight is 274 g/mol. The molecule has 0 bridgehead atoms. The molecule has 0 aliphatic rings.